The molecule has 0 spiro atoms. The first kappa shape index (κ1) is 17.5. The van der Waals surface area contributed by atoms with Crippen LogP contribution in [-0.4, -0.2) is 64.7 Å². The van der Waals surface area contributed by atoms with E-state index >= 15 is 0 Å². The van der Waals surface area contributed by atoms with Gasteiger partial charge in [0.25, 0.3) is 0 Å². The van der Waals surface area contributed by atoms with Gasteiger partial charge in [0.2, 0.25) is 5.91 Å². The summed E-state index contributed by atoms with van der Waals surface area (Å²) in [5, 5.41) is 10.1. The lowest BCUT2D eigenvalue weighted by molar-refractivity contribution is -0.139. The molecule has 24 heavy (non-hydrogen) atoms. The highest BCUT2D eigenvalue weighted by Gasteiger charge is 2.54. The number of rotatable bonds is 5. The summed E-state index contributed by atoms with van der Waals surface area (Å²) in [6.45, 7) is 13.0. The Morgan fingerprint density at radius 3 is 2.46 bits per heavy atom. The van der Waals surface area contributed by atoms with E-state index in [-0.39, 0.29) is 17.9 Å². The molecule has 2 saturated heterocycles. The molecule has 0 radical (unpaired) electrons. The van der Waals surface area contributed by atoms with Crippen molar-refractivity contribution in [2.75, 3.05) is 39.3 Å². The number of aliphatic hydroxyl groups is 1. The molecule has 1 N–H and O–H groups in total. The quantitative estimate of drug-likeness (QED) is 0.891. The van der Waals surface area contributed by atoms with Crippen molar-refractivity contribution < 1.29 is 9.90 Å². The largest absolute Gasteiger partial charge is 0.396 e. The van der Waals surface area contributed by atoms with E-state index in [1.807, 2.05) is 47.8 Å². The molecule has 2 aliphatic heterocycles. The minimum absolute atomic E-state index is 0.142. The second-order valence-electron chi connectivity index (χ2n) is 8.64. The number of fused-ring (bicyclic) bond motifs is 1. The SMILES string of the molecule is CC(C)CN1CC2CN(C(=O)C(C)(C)n3cccc3)CC2(CO)C1. The highest BCUT2D eigenvalue weighted by Crippen LogP contribution is 2.43. The minimum atomic E-state index is -0.587. The van der Waals surface area contributed by atoms with Crippen LogP contribution in [0.3, 0.4) is 0 Å². The van der Waals surface area contributed by atoms with Gasteiger partial charge >= 0.3 is 0 Å². The predicted molar refractivity (Wildman–Crippen MR) is 94.6 cm³/mol. The molecule has 0 bridgehead atoms. The van der Waals surface area contributed by atoms with Crippen molar-refractivity contribution in [3.8, 4) is 0 Å². The fourth-order valence-electron chi connectivity index (χ4n) is 4.53. The zero-order valence-electron chi connectivity index (χ0n) is 15.4. The van der Waals surface area contributed by atoms with E-state index in [2.05, 4.69) is 18.7 Å². The molecule has 3 heterocycles. The van der Waals surface area contributed by atoms with E-state index in [4.69, 9.17) is 0 Å². The van der Waals surface area contributed by atoms with Crippen LogP contribution in [0.25, 0.3) is 0 Å². The maximum atomic E-state index is 13.1. The summed E-state index contributed by atoms with van der Waals surface area (Å²) in [4.78, 5) is 17.6. The van der Waals surface area contributed by atoms with Crippen LogP contribution < -0.4 is 0 Å². The number of aromatic nitrogens is 1. The normalized spacial score (nSPS) is 27.9. The smallest absolute Gasteiger partial charge is 0.248 e. The standard InChI is InChI=1S/C19H31N3O2/c1-15(2)9-20-10-16-11-21(13-19(16,12-20)14-23)17(24)18(3,4)22-7-5-6-8-22/h5-8,15-16,23H,9-14H2,1-4H3. The highest BCUT2D eigenvalue weighted by molar-refractivity contribution is 5.84. The van der Waals surface area contributed by atoms with Gasteiger partial charge in [0, 0.05) is 50.5 Å². The molecular weight excluding hydrogens is 302 g/mol. The van der Waals surface area contributed by atoms with E-state index in [0.29, 0.717) is 18.4 Å². The van der Waals surface area contributed by atoms with Crippen molar-refractivity contribution in [2.24, 2.45) is 17.3 Å². The summed E-state index contributed by atoms with van der Waals surface area (Å²) < 4.78 is 1.97. The first-order chi connectivity index (χ1) is 11.3. The fourth-order valence-corrected chi connectivity index (χ4v) is 4.53. The van der Waals surface area contributed by atoms with Crippen LogP contribution in [0.5, 0.6) is 0 Å². The molecule has 134 valence electrons. The Hall–Kier alpha value is -1.33. The average molecular weight is 333 g/mol. The Bertz CT molecular complexity index is 581. The van der Waals surface area contributed by atoms with Crippen LogP contribution >= 0.6 is 0 Å². The minimum Gasteiger partial charge on any atom is -0.396 e. The van der Waals surface area contributed by atoms with Crippen LogP contribution in [0.1, 0.15) is 27.7 Å². The van der Waals surface area contributed by atoms with Gasteiger partial charge in [-0.1, -0.05) is 13.8 Å². The summed E-state index contributed by atoms with van der Waals surface area (Å²) in [5.41, 5.74) is -0.728. The molecule has 0 aliphatic carbocycles. The topological polar surface area (TPSA) is 48.7 Å². The number of aliphatic hydroxyl groups excluding tert-OH is 1. The molecule has 2 atom stereocenters. The van der Waals surface area contributed by atoms with Crippen molar-refractivity contribution in [3.05, 3.63) is 24.5 Å². The molecular formula is C19H31N3O2. The van der Waals surface area contributed by atoms with Gasteiger partial charge in [0.05, 0.1) is 6.61 Å². The van der Waals surface area contributed by atoms with E-state index in [0.717, 1.165) is 26.2 Å². The van der Waals surface area contributed by atoms with Crippen molar-refractivity contribution in [3.63, 3.8) is 0 Å². The first-order valence-electron chi connectivity index (χ1n) is 9.04. The molecule has 0 saturated carbocycles. The Balaban J connectivity index is 1.73. The summed E-state index contributed by atoms with van der Waals surface area (Å²) in [5.74, 6) is 1.16. The number of hydrogen-bond donors (Lipinski definition) is 1. The van der Waals surface area contributed by atoms with Crippen LogP contribution in [-0.2, 0) is 10.3 Å². The fraction of sp³-hybridized carbons (Fsp3) is 0.737. The monoisotopic (exact) mass is 333 g/mol. The van der Waals surface area contributed by atoms with Gasteiger partial charge in [-0.25, -0.2) is 0 Å². The Kier molecular flexibility index (Phi) is 4.51. The van der Waals surface area contributed by atoms with E-state index in [9.17, 15) is 9.90 Å². The van der Waals surface area contributed by atoms with Gasteiger partial charge < -0.3 is 19.5 Å². The zero-order chi connectivity index (χ0) is 17.5. The molecule has 2 unspecified atom stereocenters. The number of nitrogens with zero attached hydrogens (tertiary/aromatic N) is 3. The van der Waals surface area contributed by atoms with Crippen LogP contribution in [0.15, 0.2) is 24.5 Å². The molecule has 5 nitrogen and oxygen atoms in total. The van der Waals surface area contributed by atoms with Gasteiger partial charge in [-0.05, 0) is 37.8 Å². The third kappa shape index (κ3) is 2.88. The highest BCUT2D eigenvalue weighted by atomic mass is 16.3. The van der Waals surface area contributed by atoms with Gasteiger partial charge in [-0.3, -0.25) is 4.79 Å². The number of carbonyl (C=O) groups excluding carboxylic acids is 1. The summed E-state index contributed by atoms with van der Waals surface area (Å²) >= 11 is 0. The summed E-state index contributed by atoms with van der Waals surface area (Å²) in [6, 6.07) is 3.90. The number of amides is 1. The molecule has 2 fully saturated rings. The van der Waals surface area contributed by atoms with Crippen molar-refractivity contribution >= 4 is 5.91 Å². The van der Waals surface area contributed by atoms with Gasteiger partial charge in [0.1, 0.15) is 5.54 Å². The maximum absolute atomic E-state index is 13.1. The van der Waals surface area contributed by atoms with E-state index in [1.165, 1.54) is 0 Å². The molecule has 0 aromatic carbocycles. The van der Waals surface area contributed by atoms with Crippen LogP contribution in [0, 0.1) is 17.3 Å². The Morgan fingerprint density at radius 2 is 1.92 bits per heavy atom. The van der Waals surface area contributed by atoms with Gasteiger partial charge in [0.15, 0.2) is 0 Å². The summed E-state index contributed by atoms with van der Waals surface area (Å²) in [6.07, 6.45) is 3.89. The molecule has 3 rings (SSSR count). The molecule has 2 aliphatic rings. The van der Waals surface area contributed by atoms with Gasteiger partial charge in [-0.15, -0.1) is 0 Å². The molecule has 1 amide bonds. The third-order valence-corrected chi connectivity index (χ3v) is 5.83. The zero-order valence-corrected chi connectivity index (χ0v) is 15.4. The van der Waals surface area contributed by atoms with E-state index < -0.39 is 5.54 Å². The lowest BCUT2D eigenvalue weighted by Gasteiger charge is -2.33. The average Bonchev–Trinajstić information content (AvgIpc) is 3.19. The number of likely N-dealkylation sites (tertiary alicyclic amines) is 2. The van der Waals surface area contributed by atoms with E-state index in [1.54, 1.807) is 0 Å². The Labute approximate surface area is 145 Å². The molecule has 5 heteroatoms. The number of hydrogen-bond acceptors (Lipinski definition) is 3. The first-order valence-corrected chi connectivity index (χ1v) is 9.04. The van der Waals surface area contributed by atoms with Crippen LogP contribution in [0.4, 0.5) is 0 Å². The maximum Gasteiger partial charge on any atom is 0.248 e. The molecule has 1 aromatic rings. The summed E-state index contributed by atoms with van der Waals surface area (Å²) in [7, 11) is 0. The van der Waals surface area contributed by atoms with Crippen molar-refractivity contribution in [1.29, 1.82) is 0 Å². The lowest BCUT2D eigenvalue weighted by Crippen LogP contribution is -2.48. The third-order valence-electron chi connectivity index (χ3n) is 5.83. The second-order valence-corrected chi connectivity index (χ2v) is 8.64. The molecule has 1 aromatic heterocycles. The lowest BCUT2D eigenvalue weighted by atomic mass is 9.82. The van der Waals surface area contributed by atoms with Gasteiger partial charge in [-0.2, -0.15) is 0 Å². The van der Waals surface area contributed by atoms with Crippen molar-refractivity contribution in [1.82, 2.24) is 14.4 Å². The Morgan fingerprint density at radius 1 is 1.25 bits per heavy atom. The van der Waals surface area contributed by atoms with Crippen molar-refractivity contribution in [2.45, 2.75) is 33.2 Å². The second kappa shape index (κ2) is 6.19. The predicted octanol–water partition coefficient (Wildman–Crippen LogP) is 1.63. The van der Waals surface area contributed by atoms with Crippen LogP contribution in [0.2, 0.25) is 0 Å². The number of carbonyl (C=O) groups is 1.